The Kier molecular flexibility index (Phi) is 9.93. The summed E-state index contributed by atoms with van der Waals surface area (Å²) in [7, 11) is 1.63. The number of methoxy groups -OCH3 is 1. The van der Waals surface area contributed by atoms with Crippen LogP contribution < -0.4 is 0 Å². The van der Waals surface area contributed by atoms with Gasteiger partial charge in [0.1, 0.15) is 29.3 Å². The average molecular weight is 670 g/mol. The first-order valence-electron chi connectivity index (χ1n) is 14.9. The predicted molar refractivity (Wildman–Crippen MR) is 160 cm³/mol. The Morgan fingerprint density at radius 1 is 1.14 bits per heavy atom. The molecule has 3 aliphatic heterocycles. The van der Waals surface area contributed by atoms with E-state index in [1.807, 2.05) is 20.8 Å². The van der Waals surface area contributed by atoms with Gasteiger partial charge >= 0.3 is 11.9 Å². The number of benzene rings is 1. The molecule has 0 unspecified atom stereocenters. The number of fused-ring (bicyclic) bond motifs is 2. The Morgan fingerprint density at radius 2 is 1.84 bits per heavy atom. The highest BCUT2D eigenvalue weighted by Gasteiger charge is 2.63. The molecule has 11 heteroatoms. The van der Waals surface area contributed by atoms with E-state index in [0.29, 0.717) is 12.8 Å². The summed E-state index contributed by atoms with van der Waals surface area (Å²) in [5.74, 6) is -2.91. The summed E-state index contributed by atoms with van der Waals surface area (Å²) < 4.78 is 31.5. The number of phenols is 1. The van der Waals surface area contributed by atoms with Crippen molar-refractivity contribution < 1.29 is 48.6 Å². The first kappa shape index (κ1) is 33.7. The van der Waals surface area contributed by atoms with Gasteiger partial charge < -0.3 is 39.0 Å². The topological polar surface area (TPSA) is 141 Å². The molecular formula is C32H45BrO10. The van der Waals surface area contributed by atoms with Crippen LogP contribution in [0.25, 0.3) is 0 Å². The van der Waals surface area contributed by atoms with Gasteiger partial charge in [-0.15, -0.1) is 0 Å². The van der Waals surface area contributed by atoms with Gasteiger partial charge in [-0.2, -0.15) is 0 Å². The lowest BCUT2D eigenvalue weighted by Gasteiger charge is -2.59. The number of rotatable bonds is 7. The van der Waals surface area contributed by atoms with Crippen LogP contribution in [0.2, 0.25) is 0 Å². The van der Waals surface area contributed by atoms with Crippen LogP contribution >= 0.6 is 15.9 Å². The summed E-state index contributed by atoms with van der Waals surface area (Å²) in [4.78, 5) is 26.0. The number of cyclic esters (lactones) is 1. The minimum atomic E-state index is -1.50. The number of halogens is 1. The van der Waals surface area contributed by atoms with Crippen molar-refractivity contribution in [2.45, 2.75) is 116 Å². The fourth-order valence-corrected chi connectivity index (χ4v) is 7.26. The van der Waals surface area contributed by atoms with E-state index in [0.717, 1.165) is 16.1 Å². The highest BCUT2D eigenvalue weighted by Crippen LogP contribution is 2.56. The molecule has 10 nitrogen and oxygen atoms in total. The lowest BCUT2D eigenvalue weighted by molar-refractivity contribution is -0.371. The predicted octanol–water partition coefficient (Wildman–Crippen LogP) is 5.07. The number of hydrogen-bond donors (Lipinski definition) is 3. The summed E-state index contributed by atoms with van der Waals surface area (Å²) in [6.07, 6.45) is -1.13. The van der Waals surface area contributed by atoms with Crippen molar-refractivity contribution in [1.29, 1.82) is 0 Å². The molecule has 0 saturated carbocycles. The van der Waals surface area contributed by atoms with Gasteiger partial charge in [-0.05, 0) is 62.8 Å². The maximum absolute atomic E-state index is 13.1. The molecule has 240 valence electrons. The van der Waals surface area contributed by atoms with E-state index in [1.54, 1.807) is 32.2 Å². The van der Waals surface area contributed by atoms with E-state index in [-0.39, 0.29) is 48.7 Å². The molecule has 3 heterocycles. The van der Waals surface area contributed by atoms with Crippen molar-refractivity contribution in [1.82, 2.24) is 0 Å². The molecule has 1 aromatic carbocycles. The molecule has 4 rings (SSSR count). The van der Waals surface area contributed by atoms with Crippen molar-refractivity contribution in [3.8, 4) is 5.75 Å². The molecule has 1 spiro atoms. The van der Waals surface area contributed by atoms with Crippen LogP contribution in [0, 0.1) is 17.3 Å². The second-order valence-corrected chi connectivity index (χ2v) is 14.1. The molecule has 2 saturated heterocycles. The third kappa shape index (κ3) is 7.06. The maximum atomic E-state index is 13.1. The molecule has 3 bridgehead atoms. The fourth-order valence-electron chi connectivity index (χ4n) is 6.75. The van der Waals surface area contributed by atoms with Crippen LogP contribution in [0.3, 0.4) is 0 Å². The van der Waals surface area contributed by atoms with Gasteiger partial charge in [0.25, 0.3) is 0 Å². The van der Waals surface area contributed by atoms with Crippen LogP contribution in [-0.2, 0) is 33.3 Å². The van der Waals surface area contributed by atoms with Crippen molar-refractivity contribution in [3.63, 3.8) is 0 Å². The molecule has 0 radical (unpaired) electrons. The highest BCUT2D eigenvalue weighted by molar-refractivity contribution is 9.10. The number of aliphatic hydroxyl groups is 2. The summed E-state index contributed by atoms with van der Waals surface area (Å²) in [6.45, 7) is 10.9. The SMILES string of the molecule is CO[C@@H](CC[C@H](C)[C@H]1O[C@@]23C[C@H](OC(=O)C[C@H]([C@@H](C)O)OC(=O)C=C(O2)[C@@](C)(O)CC3(C)C)[C@@H]1C)c1cc(O)ccc1Br. The second-order valence-electron chi connectivity index (χ2n) is 13.3. The monoisotopic (exact) mass is 668 g/mol. The maximum Gasteiger partial charge on any atom is 0.334 e. The highest BCUT2D eigenvalue weighted by atomic mass is 79.9. The quantitative estimate of drug-likeness (QED) is 0.337. The molecule has 3 aliphatic rings. The van der Waals surface area contributed by atoms with Crippen LogP contribution in [0.4, 0.5) is 0 Å². The third-order valence-corrected chi connectivity index (χ3v) is 10.0. The summed E-state index contributed by atoms with van der Waals surface area (Å²) >= 11 is 3.56. The number of carbonyl (C=O) groups is 2. The van der Waals surface area contributed by atoms with E-state index < -0.39 is 53.2 Å². The normalized spacial score (nSPS) is 34.7. The Morgan fingerprint density at radius 3 is 2.49 bits per heavy atom. The molecular weight excluding hydrogens is 624 g/mol. The number of phenolic OH excluding ortho intramolecular Hbond substituents is 1. The summed E-state index contributed by atoms with van der Waals surface area (Å²) in [5.41, 5.74) is -1.43. The molecule has 0 aromatic heterocycles. The third-order valence-electron chi connectivity index (χ3n) is 9.29. The number of ether oxygens (including phenoxy) is 5. The minimum absolute atomic E-state index is 0.000886. The number of hydrogen-bond acceptors (Lipinski definition) is 10. The number of aromatic hydroxyl groups is 1. The average Bonchev–Trinajstić information content (AvgIpc) is 2.89. The van der Waals surface area contributed by atoms with E-state index in [9.17, 15) is 24.9 Å². The Labute approximate surface area is 261 Å². The zero-order chi connectivity index (χ0) is 31.9. The van der Waals surface area contributed by atoms with Crippen molar-refractivity contribution >= 4 is 27.9 Å². The van der Waals surface area contributed by atoms with Gasteiger partial charge in [-0.25, -0.2) is 4.79 Å². The van der Waals surface area contributed by atoms with E-state index in [2.05, 4.69) is 22.9 Å². The van der Waals surface area contributed by atoms with Crippen molar-refractivity contribution in [3.05, 3.63) is 40.1 Å². The second kappa shape index (κ2) is 12.7. The Hall–Kier alpha value is -2.18. The molecule has 2 fully saturated rings. The van der Waals surface area contributed by atoms with Crippen molar-refractivity contribution in [2.24, 2.45) is 17.3 Å². The van der Waals surface area contributed by atoms with E-state index in [1.165, 1.54) is 6.92 Å². The van der Waals surface area contributed by atoms with Crippen LogP contribution in [0.5, 0.6) is 5.75 Å². The van der Waals surface area contributed by atoms with Gasteiger partial charge in [0.05, 0.1) is 37.2 Å². The number of aliphatic hydroxyl groups excluding tert-OH is 1. The number of carbonyl (C=O) groups excluding carboxylic acids is 2. The van der Waals surface area contributed by atoms with Gasteiger partial charge in [0.2, 0.25) is 5.79 Å². The fraction of sp³-hybridized carbons (Fsp3) is 0.688. The molecule has 1 aromatic rings. The molecule has 0 aliphatic carbocycles. The van der Waals surface area contributed by atoms with Gasteiger partial charge in [-0.3, -0.25) is 4.79 Å². The smallest absolute Gasteiger partial charge is 0.334 e. The summed E-state index contributed by atoms with van der Waals surface area (Å²) in [6, 6.07) is 5.07. The van der Waals surface area contributed by atoms with Crippen molar-refractivity contribution in [2.75, 3.05) is 7.11 Å². The lowest BCUT2D eigenvalue weighted by atomic mass is 9.66. The first-order chi connectivity index (χ1) is 20.0. The molecule has 43 heavy (non-hydrogen) atoms. The van der Waals surface area contributed by atoms with Crippen LogP contribution in [0.15, 0.2) is 34.5 Å². The lowest BCUT2D eigenvalue weighted by Crippen LogP contribution is -2.65. The first-order valence-corrected chi connectivity index (χ1v) is 15.7. The van der Waals surface area contributed by atoms with E-state index >= 15 is 0 Å². The van der Waals surface area contributed by atoms with Gasteiger partial charge in [0, 0.05) is 22.9 Å². The zero-order valence-corrected chi connectivity index (χ0v) is 27.5. The Balaban J connectivity index is 1.69. The number of esters is 2. The van der Waals surface area contributed by atoms with Crippen LogP contribution in [0.1, 0.15) is 85.3 Å². The Bertz CT molecular complexity index is 1230. The van der Waals surface area contributed by atoms with Crippen LogP contribution in [-0.4, -0.2) is 70.2 Å². The van der Waals surface area contributed by atoms with E-state index in [4.69, 9.17) is 23.7 Å². The largest absolute Gasteiger partial charge is 0.508 e. The molecule has 3 N–H and O–H groups in total. The standard InChI is InChI=1S/C32H45BrO10/c1-17(8-11-23(39-7)21-12-20(35)9-10-22(21)33)29-18(2)25-15-32(43-29)30(4,5)16-31(6,38)26(42-32)14-28(37)40-24(19(3)34)13-27(36)41-25/h9-10,12,14,17-19,23-25,29,34-35,38H,8,11,13,15-16H2,1-7H3/t17-,18-,19+,23-,24+,25-,29+,31-,32+/m0/s1. The molecule has 9 atom stereocenters. The minimum Gasteiger partial charge on any atom is -0.508 e. The van der Waals surface area contributed by atoms with Gasteiger partial charge in [0.15, 0.2) is 0 Å². The van der Waals surface area contributed by atoms with Gasteiger partial charge in [-0.1, -0.05) is 43.6 Å². The summed E-state index contributed by atoms with van der Waals surface area (Å²) in [5, 5.41) is 31.6. The molecule has 0 amide bonds. The zero-order valence-electron chi connectivity index (χ0n) is 26.0.